The number of H-pyrrole nitrogens is 1. The summed E-state index contributed by atoms with van der Waals surface area (Å²) in [5, 5.41) is 14.6. The SMILES string of the molecule is C=C(N/N=N\C)NC(=O)c1n[nH]c(=O)c(C2CCC(F)(F)C2)c1Cl. The summed E-state index contributed by atoms with van der Waals surface area (Å²) in [5.74, 6) is -4.36. The number of hydrogen-bond donors (Lipinski definition) is 3. The molecule has 1 fully saturated rings. The van der Waals surface area contributed by atoms with Crippen molar-refractivity contribution in [2.45, 2.75) is 31.1 Å². The molecular weight excluding hydrogens is 346 g/mol. The Balaban J connectivity index is 2.27. The first-order valence-corrected chi connectivity index (χ1v) is 7.34. The van der Waals surface area contributed by atoms with Crippen LogP contribution in [0.3, 0.4) is 0 Å². The number of carbonyl (C=O) groups is 1. The van der Waals surface area contributed by atoms with Crippen LogP contribution in [0.2, 0.25) is 5.02 Å². The fourth-order valence-electron chi connectivity index (χ4n) is 2.49. The minimum atomic E-state index is -2.85. The van der Waals surface area contributed by atoms with Gasteiger partial charge in [-0.05, 0) is 12.3 Å². The van der Waals surface area contributed by atoms with Gasteiger partial charge in [0.1, 0.15) is 5.82 Å². The zero-order valence-electron chi connectivity index (χ0n) is 12.7. The molecule has 1 saturated carbocycles. The predicted octanol–water partition coefficient (Wildman–Crippen LogP) is 2.11. The van der Waals surface area contributed by atoms with Crippen molar-refractivity contribution < 1.29 is 13.6 Å². The Morgan fingerprint density at radius 1 is 1.54 bits per heavy atom. The number of hydrogen-bond acceptors (Lipinski definition) is 5. The summed E-state index contributed by atoms with van der Waals surface area (Å²) >= 11 is 6.09. The van der Waals surface area contributed by atoms with Crippen molar-refractivity contribution in [3.05, 3.63) is 39.0 Å². The molecule has 0 radical (unpaired) electrons. The number of nitrogens with zero attached hydrogens (tertiary/aromatic N) is 3. The first-order valence-electron chi connectivity index (χ1n) is 6.96. The second-order valence-corrected chi connectivity index (χ2v) is 5.65. The highest BCUT2D eigenvalue weighted by Crippen LogP contribution is 2.44. The van der Waals surface area contributed by atoms with Crippen LogP contribution < -0.4 is 16.3 Å². The summed E-state index contributed by atoms with van der Waals surface area (Å²) in [6.07, 6.45) is -0.724. The van der Waals surface area contributed by atoms with Crippen LogP contribution in [0.4, 0.5) is 8.78 Å². The first-order chi connectivity index (χ1) is 11.2. The normalized spacial score (nSPS) is 19.4. The van der Waals surface area contributed by atoms with Gasteiger partial charge < -0.3 is 5.32 Å². The topological polar surface area (TPSA) is 112 Å². The third-order valence-electron chi connectivity index (χ3n) is 3.53. The van der Waals surface area contributed by atoms with Crippen molar-refractivity contribution in [1.29, 1.82) is 0 Å². The highest BCUT2D eigenvalue weighted by Gasteiger charge is 2.42. The van der Waals surface area contributed by atoms with E-state index >= 15 is 0 Å². The van der Waals surface area contributed by atoms with E-state index in [0.717, 1.165) is 0 Å². The molecule has 130 valence electrons. The van der Waals surface area contributed by atoms with Crippen molar-refractivity contribution >= 4 is 17.5 Å². The van der Waals surface area contributed by atoms with E-state index in [1.54, 1.807) is 0 Å². The Hall–Kier alpha value is -2.36. The standard InChI is InChI=1S/C13H15ClF2N6O2/c1-6(19-22-17-2)18-12(24)10-9(14)8(11(23)21-20-10)7-3-4-13(15,16)5-7/h7H,1,3-5H2,2H3,(H,17,19)(H,18,24)(H,21,23). The van der Waals surface area contributed by atoms with Crippen LogP contribution in [-0.4, -0.2) is 29.1 Å². The van der Waals surface area contributed by atoms with Gasteiger partial charge in [-0.2, -0.15) is 10.2 Å². The largest absolute Gasteiger partial charge is 0.306 e. The van der Waals surface area contributed by atoms with E-state index in [0.29, 0.717) is 0 Å². The van der Waals surface area contributed by atoms with Gasteiger partial charge in [0.15, 0.2) is 5.69 Å². The van der Waals surface area contributed by atoms with Crippen molar-refractivity contribution in [3.63, 3.8) is 0 Å². The fraction of sp³-hybridized carbons (Fsp3) is 0.462. The maximum atomic E-state index is 13.4. The molecule has 0 aliphatic heterocycles. The lowest BCUT2D eigenvalue weighted by Gasteiger charge is -2.13. The summed E-state index contributed by atoms with van der Waals surface area (Å²) in [6.45, 7) is 3.49. The second-order valence-electron chi connectivity index (χ2n) is 5.27. The third-order valence-corrected chi connectivity index (χ3v) is 3.92. The molecule has 8 nitrogen and oxygen atoms in total. The summed E-state index contributed by atoms with van der Waals surface area (Å²) in [4.78, 5) is 24.1. The van der Waals surface area contributed by atoms with Gasteiger partial charge in [0.05, 0.1) is 12.1 Å². The molecule has 1 heterocycles. The van der Waals surface area contributed by atoms with Gasteiger partial charge in [-0.3, -0.25) is 9.59 Å². The minimum absolute atomic E-state index is 0.00335. The van der Waals surface area contributed by atoms with Gasteiger partial charge >= 0.3 is 0 Å². The summed E-state index contributed by atoms with van der Waals surface area (Å²) < 4.78 is 26.8. The lowest BCUT2D eigenvalue weighted by atomic mass is 9.98. The van der Waals surface area contributed by atoms with E-state index in [4.69, 9.17) is 11.6 Å². The minimum Gasteiger partial charge on any atom is -0.306 e. The number of carbonyl (C=O) groups excluding carboxylic acids is 1. The van der Waals surface area contributed by atoms with Gasteiger partial charge in [0.2, 0.25) is 5.92 Å². The number of aromatic amines is 1. The quantitative estimate of drug-likeness (QED) is 0.551. The molecule has 3 N–H and O–H groups in total. The number of amides is 1. The molecule has 0 spiro atoms. The summed E-state index contributed by atoms with van der Waals surface area (Å²) in [5.41, 5.74) is 1.30. The zero-order valence-corrected chi connectivity index (χ0v) is 13.5. The van der Waals surface area contributed by atoms with E-state index < -0.39 is 29.7 Å². The van der Waals surface area contributed by atoms with Gasteiger partial charge in [-0.25, -0.2) is 19.3 Å². The van der Waals surface area contributed by atoms with E-state index in [1.165, 1.54) is 7.05 Å². The number of alkyl halides is 2. The van der Waals surface area contributed by atoms with Crippen LogP contribution in [0.5, 0.6) is 0 Å². The lowest BCUT2D eigenvalue weighted by molar-refractivity contribution is 0.00773. The Kier molecular flexibility index (Phi) is 5.27. The Morgan fingerprint density at radius 2 is 2.25 bits per heavy atom. The smallest absolute Gasteiger partial charge is 0.278 e. The van der Waals surface area contributed by atoms with Crippen LogP contribution in [0.1, 0.15) is 41.2 Å². The average molecular weight is 361 g/mol. The van der Waals surface area contributed by atoms with Gasteiger partial charge in [-0.1, -0.05) is 23.4 Å². The van der Waals surface area contributed by atoms with Crippen molar-refractivity contribution in [2.24, 2.45) is 10.3 Å². The lowest BCUT2D eigenvalue weighted by Crippen LogP contribution is -2.31. The van der Waals surface area contributed by atoms with Gasteiger partial charge in [0.25, 0.3) is 11.5 Å². The van der Waals surface area contributed by atoms with E-state index in [1.807, 2.05) is 0 Å². The number of aromatic nitrogens is 2. The van der Waals surface area contributed by atoms with Crippen LogP contribution in [0.15, 0.2) is 27.5 Å². The average Bonchev–Trinajstić information content (AvgIpc) is 2.85. The molecule has 2 rings (SSSR count). The van der Waals surface area contributed by atoms with Crippen molar-refractivity contribution in [3.8, 4) is 0 Å². The monoisotopic (exact) mass is 360 g/mol. The van der Waals surface area contributed by atoms with Crippen LogP contribution >= 0.6 is 11.6 Å². The highest BCUT2D eigenvalue weighted by atomic mass is 35.5. The predicted molar refractivity (Wildman–Crippen MR) is 81.9 cm³/mol. The molecule has 0 aromatic carbocycles. The number of halogens is 3. The van der Waals surface area contributed by atoms with Crippen molar-refractivity contribution in [1.82, 2.24) is 20.9 Å². The van der Waals surface area contributed by atoms with Crippen molar-refractivity contribution in [2.75, 3.05) is 7.05 Å². The molecule has 11 heteroatoms. The van der Waals surface area contributed by atoms with Crippen LogP contribution in [0.25, 0.3) is 0 Å². The highest BCUT2D eigenvalue weighted by molar-refractivity contribution is 6.34. The van der Waals surface area contributed by atoms with E-state index in [9.17, 15) is 18.4 Å². The van der Waals surface area contributed by atoms with Crippen LogP contribution in [0, 0.1) is 0 Å². The molecule has 0 bridgehead atoms. The maximum Gasteiger partial charge on any atom is 0.278 e. The van der Waals surface area contributed by atoms with Gasteiger partial charge in [0, 0.05) is 18.4 Å². The molecule has 1 aliphatic rings. The summed E-state index contributed by atoms with van der Waals surface area (Å²) in [6, 6.07) is 0. The molecule has 0 saturated heterocycles. The Labute approximate surface area is 140 Å². The molecule has 24 heavy (non-hydrogen) atoms. The zero-order chi connectivity index (χ0) is 17.9. The fourth-order valence-corrected chi connectivity index (χ4v) is 2.86. The summed E-state index contributed by atoms with van der Waals surface area (Å²) in [7, 11) is 1.41. The second kappa shape index (κ2) is 7.04. The molecule has 1 aromatic rings. The Morgan fingerprint density at radius 3 is 2.83 bits per heavy atom. The molecule has 1 unspecified atom stereocenters. The number of rotatable bonds is 5. The molecule has 1 aromatic heterocycles. The number of nitrogens with one attached hydrogen (secondary N) is 3. The third kappa shape index (κ3) is 3.94. The first kappa shape index (κ1) is 18.0. The molecule has 1 amide bonds. The van der Waals surface area contributed by atoms with Gasteiger partial charge in [-0.15, -0.1) is 0 Å². The molecule has 1 atom stereocenters. The Bertz CT molecular complexity index is 748. The molecule has 1 aliphatic carbocycles. The maximum absolute atomic E-state index is 13.4. The van der Waals surface area contributed by atoms with E-state index in [2.05, 4.69) is 37.9 Å². The van der Waals surface area contributed by atoms with E-state index in [-0.39, 0.29) is 34.9 Å². The molecular formula is C13H15ClF2N6O2. The van der Waals surface area contributed by atoms with Crippen LogP contribution in [-0.2, 0) is 0 Å².